The van der Waals surface area contributed by atoms with E-state index in [1.165, 1.54) is 11.3 Å². The summed E-state index contributed by atoms with van der Waals surface area (Å²) in [6.07, 6.45) is 0.789. The number of hydrogen-bond acceptors (Lipinski definition) is 8. The van der Waals surface area contributed by atoms with Crippen molar-refractivity contribution in [3.05, 3.63) is 64.3 Å². The van der Waals surface area contributed by atoms with Crippen LogP contribution >= 0.6 is 22.9 Å². The van der Waals surface area contributed by atoms with Crippen LogP contribution in [0.4, 0.5) is 0 Å². The summed E-state index contributed by atoms with van der Waals surface area (Å²) in [6.45, 7) is 17.0. The van der Waals surface area contributed by atoms with Crippen molar-refractivity contribution in [2.75, 3.05) is 26.2 Å². The van der Waals surface area contributed by atoms with Crippen LogP contribution in [0.1, 0.15) is 89.3 Å². The van der Waals surface area contributed by atoms with Gasteiger partial charge in [-0.25, -0.2) is 14.8 Å². The Balaban J connectivity index is 1.29. The van der Waals surface area contributed by atoms with Crippen molar-refractivity contribution in [3.8, 4) is 21.8 Å². The molecule has 5 heterocycles. The average molecular weight is 729 g/mol. The molecule has 0 saturated carbocycles. The molecule has 2 aliphatic heterocycles. The first-order valence-electron chi connectivity index (χ1n) is 17.7. The third kappa shape index (κ3) is 6.89. The lowest BCUT2D eigenvalue weighted by atomic mass is 9.91. The fourth-order valence-corrected chi connectivity index (χ4v) is 8.68. The number of carboxylic acids is 1. The molecule has 0 spiro atoms. The minimum absolute atomic E-state index is 0.151. The van der Waals surface area contributed by atoms with Gasteiger partial charge in [0.15, 0.2) is 6.10 Å². The number of amides is 1. The number of benzene rings is 2. The van der Waals surface area contributed by atoms with Crippen LogP contribution < -0.4 is 0 Å². The summed E-state index contributed by atoms with van der Waals surface area (Å²) in [7, 11) is 0. The topological polar surface area (TPSA) is 114 Å². The molecule has 12 heteroatoms. The fraction of sp³-hybridized carbons (Fsp3) is 0.462. The number of piperidine rings is 1. The van der Waals surface area contributed by atoms with E-state index in [0.717, 1.165) is 93.4 Å². The molecule has 0 bridgehead atoms. The van der Waals surface area contributed by atoms with Crippen LogP contribution in [0.3, 0.4) is 0 Å². The predicted octanol–water partition coefficient (Wildman–Crippen LogP) is 8.27. The highest BCUT2D eigenvalue weighted by atomic mass is 35.5. The number of rotatable bonds is 8. The number of nitrogens with zero attached hydrogens (tertiary/aromatic N) is 6. The van der Waals surface area contributed by atoms with E-state index < -0.39 is 17.7 Å². The number of thiazole rings is 1. The molecule has 0 unspecified atom stereocenters. The summed E-state index contributed by atoms with van der Waals surface area (Å²) in [5.74, 6) is -0.619. The second-order valence-corrected chi connectivity index (χ2v) is 16.6. The number of ether oxygens (including phenoxy) is 1. The number of carboxylic acid groups (broad SMARTS) is 1. The molecule has 2 fully saturated rings. The highest BCUT2D eigenvalue weighted by Crippen LogP contribution is 2.45. The quantitative estimate of drug-likeness (QED) is 0.170. The highest BCUT2D eigenvalue weighted by molar-refractivity contribution is 7.22. The molecule has 3 aromatic heterocycles. The van der Waals surface area contributed by atoms with Crippen molar-refractivity contribution in [3.63, 3.8) is 0 Å². The van der Waals surface area contributed by atoms with E-state index >= 15 is 0 Å². The van der Waals surface area contributed by atoms with Crippen LogP contribution in [0.5, 0.6) is 0 Å². The Kier molecular flexibility index (Phi) is 9.45. The molecule has 1 amide bonds. The zero-order valence-electron chi connectivity index (χ0n) is 30.2. The Hall–Kier alpha value is -3.90. The summed E-state index contributed by atoms with van der Waals surface area (Å²) in [5, 5.41) is 17.0. The Labute approximate surface area is 307 Å². The molecule has 0 aliphatic carbocycles. The number of halogens is 1. The van der Waals surface area contributed by atoms with E-state index in [0.29, 0.717) is 16.6 Å². The summed E-state index contributed by atoms with van der Waals surface area (Å²) in [5.41, 5.74) is 6.79. The van der Waals surface area contributed by atoms with Gasteiger partial charge in [0.1, 0.15) is 10.5 Å². The van der Waals surface area contributed by atoms with Gasteiger partial charge in [0.25, 0.3) is 0 Å². The SMILES string of the molecule is CC(=O)N1CC(N2CCC(c3nn(C(C)C)c4ccc(-c5nc6cc(C)c([C@H](OC(C)(C)C)C(=O)O)c(-c7ccc(Cl)cc7)c6s5)nc34)CC2)C1. The lowest BCUT2D eigenvalue weighted by Gasteiger charge is -2.47. The van der Waals surface area contributed by atoms with Crippen LogP contribution in [0.25, 0.3) is 43.1 Å². The second-order valence-electron chi connectivity index (χ2n) is 15.2. The van der Waals surface area contributed by atoms with Crippen LogP contribution in [0.2, 0.25) is 5.02 Å². The van der Waals surface area contributed by atoms with Crippen molar-refractivity contribution in [1.29, 1.82) is 0 Å². The first kappa shape index (κ1) is 35.5. The average Bonchev–Trinajstić information content (AvgIpc) is 3.64. The van der Waals surface area contributed by atoms with Crippen molar-refractivity contribution < 1.29 is 19.4 Å². The summed E-state index contributed by atoms with van der Waals surface area (Å²) >= 11 is 7.80. The third-order valence-corrected chi connectivity index (χ3v) is 11.4. The van der Waals surface area contributed by atoms with Gasteiger partial charge >= 0.3 is 5.97 Å². The van der Waals surface area contributed by atoms with Crippen LogP contribution in [0, 0.1) is 6.92 Å². The van der Waals surface area contributed by atoms with E-state index in [4.69, 9.17) is 31.4 Å². The molecular weight excluding hydrogens is 684 g/mol. The summed E-state index contributed by atoms with van der Waals surface area (Å²) in [4.78, 5) is 39.3. The van der Waals surface area contributed by atoms with Crippen molar-refractivity contribution in [1.82, 2.24) is 29.5 Å². The van der Waals surface area contributed by atoms with Crippen molar-refractivity contribution >= 4 is 56.1 Å². The smallest absolute Gasteiger partial charge is 0.337 e. The molecule has 1 atom stereocenters. The number of hydrogen-bond donors (Lipinski definition) is 1. The third-order valence-electron chi connectivity index (χ3n) is 10.0. The molecular formula is C39H45ClN6O4S. The van der Waals surface area contributed by atoms with E-state index in [-0.39, 0.29) is 17.9 Å². The van der Waals surface area contributed by atoms with Gasteiger partial charge in [0.2, 0.25) is 5.91 Å². The van der Waals surface area contributed by atoms with Gasteiger partial charge in [-0.15, -0.1) is 11.3 Å². The van der Waals surface area contributed by atoms with Gasteiger partial charge in [-0.2, -0.15) is 5.10 Å². The molecule has 51 heavy (non-hydrogen) atoms. The number of aryl methyl sites for hydroxylation is 1. The lowest BCUT2D eigenvalue weighted by Crippen LogP contribution is -2.61. The Bertz CT molecular complexity index is 2120. The number of carbonyl (C=O) groups excluding carboxylic acids is 1. The normalized spacial score (nSPS) is 17.1. The van der Waals surface area contributed by atoms with Gasteiger partial charge < -0.3 is 14.7 Å². The number of aromatic nitrogens is 4. The number of pyridine rings is 1. The lowest BCUT2D eigenvalue weighted by molar-refractivity contribution is -0.160. The van der Waals surface area contributed by atoms with Gasteiger partial charge in [-0.1, -0.05) is 23.7 Å². The fourth-order valence-electron chi connectivity index (χ4n) is 7.46. The zero-order chi connectivity index (χ0) is 36.4. The number of likely N-dealkylation sites (tertiary alicyclic amines) is 2. The molecule has 2 saturated heterocycles. The molecule has 268 valence electrons. The molecule has 10 nitrogen and oxygen atoms in total. The van der Waals surface area contributed by atoms with Crippen molar-refractivity contribution in [2.45, 2.75) is 91.0 Å². The Morgan fingerprint density at radius 3 is 2.33 bits per heavy atom. The second kappa shape index (κ2) is 13.6. The van der Waals surface area contributed by atoms with Crippen LogP contribution in [-0.4, -0.2) is 84.4 Å². The predicted molar refractivity (Wildman–Crippen MR) is 203 cm³/mol. The monoisotopic (exact) mass is 728 g/mol. The van der Waals surface area contributed by atoms with Gasteiger partial charge in [-0.3, -0.25) is 14.4 Å². The van der Waals surface area contributed by atoms with E-state index in [1.54, 1.807) is 6.92 Å². The largest absolute Gasteiger partial charge is 0.479 e. The van der Waals surface area contributed by atoms with E-state index in [9.17, 15) is 14.7 Å². The van der Waals surface area contributed by atoms with Gasteiger partial charge in [0, 0.05) is 54.2 Å². The summed E-state index contributed by atoms with van der Waals surface area (Å²) in [6, 6.07) is 14.2. The van der Waals surface area contributed by atoms with Gasteiger partial charge in [-0.05, 0) is 109 Å². The minimum atomic E-state index is -1.19. The molecule has 5 aromatic rings. The minimum Gasteiger partial charge on any atom is -0.479 e. The Morgan fingerprint density at radius 1 is 1.04 bits per heavy atom. The first-order chi connectivity index (χ1) is 24.2. The first-order valence-corrected chi connectivity index (χ1v) is 18.9. The molecule has 1 N–H and O–H groups in total. The molecule has 2 aliphatic rings. The Morgan fingerprint density at radius 2 is 1.73 bits per heavy atom. The maximum atomic E-state index is 12.8. The molecule has 7 rings (SSSR count). The maximum absolute atomic E-state index is 12.8. The summed E-state index contributed by atoms with van der Waals surface area (Å²) < 4.78 is 9.14. The zero-order valence-corrected chi connectivity index (χ0v) is 31.8. The number of carbonyl (C=O) groups is 2. The van der Waals surface area contributed by atoms with E-state index in [2.05, 4.69) is 29.5 Å². The maximum Gasteiger partial charge on any atom is 0.337 e. The van der Waals surface area contributed by atoms with E-state index in [1.807, 2.05) is 69.0 Å². The molecule has 2 aromatic carbocycles. The van der Waals surface area contributed by atoms with Crippen molar-refractivity contribution in [2.24, 2.45) is 0 Å². The van der Waals surface area contributed by atoms with Gasteiger partial charge in [0.05, 0.1) is 32.7 Å². The standard InChI is InChI=1S/C39H45ClN6O4S/c1-21(2)46-30-13-12-28(41-34(30)33(43-46)25-14-16-44(17-15-25)27-19-45(20-27)23(4)47)37-42-29-18-22(3)31(35(38(48)49)50-39(5,6)7)32(36(29)51-37)24-8-10-26(40)11-9-24/h8-13,18,21,25,27,35H,14-17,19-20H2,1-7H3,(H,48,49)/t35-/m0/s1. The van der Waals surface area contributed by atoms with Crippen LogP contribution in [0.15, 0.2) is 42.5 Å². The number of fused-ring (bicyclic) bond motifs is 2. The molecule has 0 radical (unpaired) electrons. The number of aliphatic carboxylic acids is 1. The van der Waals surface area contributed by atoms with Crippen LogP contribution in [-0.2, 0) is 14.3 Å². The highest BCUT2D eigenvalue weighted by Gasteiger charge is 2.37.